The number of carbonyl (C=O) groups excluding carboxylic acids is 1. The van der Waals surface area contributed by atoms with Crippen molar-refractivity contribution in [1.82, 2.24) is 14.3 Å². The highest BCUT2D eigenvalue weighted by atomic mass is 32.1. The summed E-state index contributed by atoms with van der Waals surface area (Å²) in [6.45, 7) is 5.29. The predicted octanol–water partition coefficient (Wildman–Crippen LogP) is 2.67. The molecule has 3 aromatic rings. The Labute approximate surface area is 138 Å². The second kappa shape index (κ2) is 5.70. The Morgan fingerprint density at radius 2 is 2.04 bits per heavy atom. The summed E-state index contributed by atoms with van der Waals surface area (Å²) in [5, 5.41) is 1.97. The number of carbonyl (C=O) groups is 1. The Hall–Kier alpha value is -2.34. The summed E-state index contributed by atoms with van der Waals surface area (Å²) in [5.74, 6) is 0.0322. The molecule has 0 aliphatic carbocycles. The van der Waals surface area contributed by atoms with E-state index in [0.29, 0.717) is 5.69 Å². The number of rotatable bonds is 2. The molecule has 1 aliphatic heterocycles. The van der Waals surface area contributed by atoms with E-state index in [1.165, 1.54) is 11.3 Å². The van der Waals surface area contributed by atoms with Crippen LogP contribution < -0.4 is 4.90 Å². The summed E-state index contributed by atoms with van der Waals surface area (Å²) < 4.78 is 1.90. The molecule has 1 amide bonds. The van der Waals surface area contributed by atoms with Crippen molar-refractivity contribution >= 4 is 27.9 Å². The number of aryl methyl sites for hydroxylation is 1. The van der Waals surface area contributed by atoms with Crippen LogP contribution in [0, 0.1) is 6.92 Å². The molecule has 0 spiro atoms. The molecule has 0 radical (unpaired) electrons. The SMILES string of the molecule is Cc1cccc(N2CCN(C(=O)c3cn4ccsc4n3)CC2)c1. The fourth-order valence-electron chi connectivity index (χ4n) is 2.98. The van der Waals surface area contributed by atoms with Gasteiger partial charge in [-0.2, -0.15) is 0 Å². The van der Waals surface area contributed by atoms with Crippen molar-refractivity contribution in [3.8, 4) is 0 Å². The van der Waals surface area contributed by atoms with Gasteiger partial charge in [0.05, 0.1) is 0 Å². The lowest BCUT2D eigenvalue weighted by Crippen LogP contribution is -2.48. The molecule has 0 unspecified atom stereocenters. The van der Waals surface area contributed by atoms with E-state index in [-0.39, 0.29) is 5.91 Å². The third-order valence-electron chi connectivity index (χ3n) is 4.25. The molecule has 6 heteroatoms. The Bertz CT molecular complexity index is 817. The third kappa shape index (κ3) is 2.70. The average molecular weight is 326 g/mol. The second-order valence-electron chi connectivity index (χ2n) is 5.84. The van der Waals surface area contributed by atoms with E-state index < -0.39 is 0 Å². The molecule has 5 nitrogen and oxygen atoms in total. The van der Waals surface area contributed by atoms with Gasteiger partial charge in [-0.25, -0.2) is 4.98 Å². The molecule has 2 aromatic heterocycles. The van der Waals surface area contributed by atoms with Crippen molar-refractivity contribution in [3.05, 3.63) is 53.3 Å². The molecule has 118 valence electrons. The Kier molecular flexibility index (Phi) is 3.53. The van der Waals surface area contributed by atoms with Crippen LogP contribution >= 0.6 is 11.3 Å². The van der Waals surface area contributed by atoms with E-state index in [1.54, 1.807) is 11.3 Å². The molecule has 1 saturated heterocycles. The first kappa shape index (κ1) is 14.3. The maximum Gasteiger partial charge on any atom is 0.274 e. The number of hydrogen-bond donors (Lipinski definition) is 0. The second-order valence-corrected chi connectivity index (χ2v) is 6.71. The van der Waals surface area contributed by atoms with Crippen molar-refractivity contribution in [2.75, 3.05) is 31.1 Å². The van der Waals surface area contributed by atoms with E-state index in [4.69, 9.17) is 0 Å². The maximum atomic E-state index is 12.6. The molecular weight excluding hydrogens is 308 g/mol. The number of imidazole rings is 1. The smallest absolute Gasteiger partial charge is 0.274 e. The molecule has 1 aromatic carbocycles. The summed E-state index contributed by atoms with van der Waals surface area (Å²) >= 11 is 1.54. The van der Waals surface area contributed by atoms with E-state index in [2.05, 4.69) is 41.1 Å². The number of amides is 1. The summed E-state index contributed by atoms with van der Waals surface area (Å²) in [7, 11) is 0. The number of nitrogens with zero attached hydrogens (tertiary/aromatic N) is 4. The molecule has 0 saturated carbocycles. The monoisotopic (exact) mass is 326 g/mol. The Morgan fingerprint density at radius 1 is 1.22 bits per heavy atom. The lowest BCUT2D eigenvalue weighted by Gasteiger charge is -2.36. The molecule has 3 heterocycles. The zero-order valence-corrected chi connectivity index (χ0v) is 13.8. The number of aromatic nitrogens is 2. The van der Waals surface area contributed by atoms with E-state index in [1.807, 2.05) is 27.1 Å². The molecule has 23 heavy (non-hydrogen) atoms. The van der Waals surface area contributed by atoms with Crippen LogP contribution in [-0.4, -0.2) is 46.4 Å². The standard InChI is InChI=1S/C17H18N4OS/c1-13-3-2-4-14(11-13)19-5-7-20(8-6-19)16(22)15-12-21-9-10-23-17(21)18-15/h2-4,9-12H,5-8H2,1H3. The fraction of sp³-hybridized carbons (Fsp3) is 0.294. The third-order valence-corrected chi connectivity index (χ3v) is 5.02. The predicted molar refractivity (Wildman–Crippen MR) is 92.4 cm³/mol. The summed E-state index contributed by atoms with van der Waals surface area (Å²) in [6, 6.07) is 8.52. The first-order valence-electron chi connectivity index (χ1n) is 7.74. The molecular formula is C17H18N4OS. The van der Waals surface area contributed by atoms with Crippen molar-refractivity contribution < 1.29 is 4.79 Å². The van der Waals surface area contributed by atoms with E-state index in [0.717, 1.165) is 31.1 Å². The highest BCUT2D eigenvalue weighted by Crippen LogP contribution is 2.19. The van der Waals surface area contributed by atoms with Crippen LogP contribution in [0.1, 0.15) is 16.1 Å². The van der Waals surface area contributed by atoms with Gasteiger partial charge in [-0.05, 0) is 24.6 Å². The van der Waals surface area contributed by atoms with Gasteiger partial charge in [0.1, 0.15) is 5.69 Å². The van der Waals surface area contributed by atoms with E-state index in [9.17, 15) is 4.79 Å². The van der Waals surface area contributed by atoms with Crippen LogP contribution in [-0.2, 0) is 0 Å². The van der Waals surface area contributed by atoms with Crippen LogP contribution in [0.2, 0.25) is 0 Å². The minimum absolute atomic E-state index is 0.0322. The minimum atomic E-state index is 0.0322. The number of anilines is 1. The van der Waals surface area contributed by atoms with Gasteiger partial charge in [0, 0.05) is 49.6 Å². The van der Waals surface area contributed by atoms with Gasteiger partial charge in [-0.3, -0.25) is 9.20 Å². The number of hydrogen-bond acceptors (Lipinski definition) is 4. The van der Waals surface area contributed by atoms with Crippen LogP contribution in [0.3, 0.4) is 0 Å². The van der Waals surface area contributed by atoms with Gasteiger partial charge >= 0.3 is 0 Å². The molecule has 0 atom stereocenters. The summed E-state index contributed by atoms with van der Waals surface area (Å²) in [5.41, 5.74) is 3.04. The largest absolute Gasteiger partial charge is 0.368 e. The van der Waals surface area contributed by atoms with E-state index >= 15 is 0 Å². The number of piperazine rings is 1. The lowest BCUT2D eigenvalue weighted by molar-refractivity contribution is 0.0741. The number of fused-ring (bicyclic) bond motifs is 1. The first-order valence-corrected chi connectivity index (χ1v) is 8.62. The topological polar surface area (TPSA) is 40.9 Å². The highest BCUT2D eigenvalue weighted by molar-refractivity contribution is 7.15. The van der Waals surface area contributed by atoms with Gasteiger partial charge in [-0.15, -0.1) is 11.3 Å². The van der Waals surface area contributed by atoms with Gasteiger partial charge in [0.15, 0.2) is 4.96 Å². The van der Waals surface area contributed by atoms with Crippen LogP contribution in [0.15, 0.2) is 42.0 Å². The average Bonchev–Trinajstić information content (AvgIpc) is 3.16. The van der Waals surface area contributed by atoms with Gasteiger partial charge in [0.2, 0.25) is 0 Å². The quantitative estimate of drug-likeness (QED) is 0.727. The number of benzene rings is 1. The van der Waals surface area contributed by atoms with Crippen molar-refractivity contribution in [3.63, 3.8) is 0 Å². The molecule has 4 rings (SSSR count). The van der Waals surface area contributed by atoms with Gasteiger partial charge in [0.25, 0.3) is 5.91 Å². The Morgan fingerprint density at radius 3 is 2.78 bits per heavy atom. The zero-order chi connectivity index (χ0) is 15.8. The van der Waals surface area contributed by atoms with Gasteiger partial charge < -0.3 is 9.80 Å². The number of thiazole rings is 1. The van der Waals surface area contributed by atoms with Crippen LogP contribution in [0.5, 0.6) is 0 Å². The molecule has 1 fully saturated rings. The fourth-order valence-corrected chi connectivity index (χ4v) is 3.68. The maximum absolute atomic E-state index is 12.6. The molecule has 1 aliphatic rings. The van der Waals surface area contributed by atoms with Crippen LogP contribution in [0.4, 0.5) is 5.69 Å². The van der Waals surface area contributed by atoms with Crippen LogP contribution in [0.25, 0.3) is 4.96 Å². The molecule has 0 N–H and O–H groups in total. The minimum Gasteiger partial charge on any atom is -0.368 e. The first-order chi connectivity index (χ1) is 11.2. The summed E-state index contributed by atoms with van der Waals surface area (Å²) in [4.78, 5) is 22.1. The highest BCUT2D eigenvalue weighted by Gasteiger charge is 2.24. The van der Waals surface area contributed by atoms with Crippen molar-refractivity contribution in [2.45, 2.75) is 6.92 Å². The zero-order valence-electron chi connectivity index (χ0n) is 13.0. The van der Waals surface area contributed by atoms with Gasteiger partial charge in [-0.1, -0.05) is 12.1 Å². The Balaban J connectivity index is 1.44. The molecule has 0 bridgehead atoms. The van der Waals surface area contributed by atoms with Crippen molar-refractivity contribution in [2.24, 2.45) is 0 Å². The normalized spacial score (nSPS) is 15.3. The lowest BCUT2D eigenvalue weighted by atomic mass is 10.2. The summed E-state index contributed by atoms with van der Waals surface area (Å²) in [6.07, 6.45) is 3.75. The van der Waals surface area contributed by atoms with Crippen molar-refractivity contribution in [1.29, 1.82) is 0 Å².